The van der Waals surface area contributed by atoms with Crippen molar-refractivity contribution < 1.29 is 9.84 Å². The Morgan fingerprint density at radius 1 is 1.12 bits per heavy atom. The Balaban J connectivity index is 2.44. The molecule has 2 aromatic rings. The van der Waals surface area contributed by atoms with Crippen molar-refractivity contribution >= 4 is 10.8 Å². The van der Waals surface area contributed by atoms with Gasteiger partial charge in [0.2, 0.25) is 0 Å². The summed E-state index contributed by atoms with van der Waals surface area (Å²) < 4.78 is 5.17. The number of rotatable bonds is 3. The lowest BCUT2D eigenvalue weighted by Gasteiger charge is -2.15. The van der Waals surface area contributed by atoms with Crippen molar-refractivity contribution in [1.29, 1.82) is 0 Å². The molecule has 0 amide bonds. The summed E-state index contributed by atoms with van der Waals surface area (Å²) >= 11 is 0. The van der Waals surface area contributed by atoms with Crippen LogP contribution in [0.25, 0.3) is 10.8 Å². The molecule has 0 saturated carbocycles. The summed E-state index contributed by atoms with van der Waals surface area (Å²) in [4.78, 5) is 0. The predicted molar refractivity (Wildman–Crippen MR) is 69.1 cm³/mol. The van der Waals surface area contributed by atoms with E-state index < -0.39 is 6.10 Å². The summed E-state index contributed by atoms with van der Waals surface area (Å²) in [5, 5.41) is 12.1. The highest BCUT2D eigenvalue weighted by Crippen LogP contribution is 2.25. The molecule has 3 N–H and O–H groups in total. The number of hydrogen-bond acceptors (Lipinski definition) is 3. The Bertz CT molecular complexity index is 523. The molecule has 0 aliphatic heterocycles. The van der Waals surface area contributed by atoms with Crippen molar-refractivity contribution in [2.24, 2.45) is 5.73 Å². The maximum absolute atomic E-state index is 9.91. The second kappa shape index (κ2) is 4.73. The van der Waals surface area contributed by atoms with Crippen molar-refractivity contribution in [3.05, 3.63) is 42.0 Å². The lowest BCUT2D eigenvalue weighted by Crippen LogP contribution is -2.24. The van der Waals surface area contributed by atoms with Crippen molar-refractivity contribution in [3.8, 4) is 5.75 Å². The van der Waals surface area contributed by atoms with Gasteiger partial charge in [-0.25, -0.2) is 0 Å². The minimum absolute atomic E-state index is 0.273. The molecule has 0 aliphatic carbocycles. The number of fused-ring (bicyclic) bond motifs is 1. The van der Waals surface area contributed by atoms with Crippen LogP contribution in [-0.4, -0.2) is 18.3 Å². The summed E-state index contributed by atoms with van der Waals surface area (Å²) in [6.07, 6.45) is -0.624. The predicted octanol–water partition coefficient (Wildman–Crippen LogP) is 2.23. The van der Waals surface area contributed by atoms with Crippen molar-refractivity contribution in [2.75, 3.05) is 7.11 Å². The Morgan fingerprint density at radius 3 is 2.41 bits per heavy atom. The van der Waals surface area contributed by atoms with Crippen molar-refractivity contribution in [1.82, 2.24) is 0 Å². The van der Waals surface area contributed by atoms with Crippen LogP contribution in [0.1, 0.15) is 18.6 Å². The smallest absolute Gasteiger partial charge is 0.119 e. The molecule has 90 valence electrons. The van der Waals surface area contributed by atoms with Gasteiger partial charge < -0.3 is 15.6 Å². The van der Waals surface area contributed by atoms with Crippen LogP contribution < -0.4 is 10.5 Å². The van der Waals surface area contributed by atoms with E-state index in [0.717, 1.165) is 22.1 Å². The molecule has 0 spiro atoms. The summed E-state index contributed by atoms with van der Waals surface area (Å²) in [7, 11) is 1.65. The number of hydrogen-bond donors (Lipinski definition) is 2. The van der Waals surface area contributed by atoms with Crippen molar-refractivity contribution in [2.45, 2.75) is 19.1 Å². The quantitative estimate of drug-likeness (QED) is 0.851. The van der Waals surface area contributed by atoms with Crippen LogP contribution in [0.15, 0.2) is 36.4 Å². The number of aliphatic hydroxyl groups is 1. The van der Waals surface area contributed by atoms with E-state index in [1.807, 2.05) is 36.4 Å². The highest BCUT2D eigenvalue weighted by Gasteiger charge is 2.12. The molecule has 0 radical (unpaired) electrons. The topological polar surface area (TPSA) is 55.5 Å². The lowest BCUT2D eigenvalue weighted by atomic mass is 10.00. The highest BCUT2D eigenvalue weighted by atomic mass is 16.5. The van der Waals surface area contributed by atoms with E-state index in [2.05, 4.69) is 0 Å². The van der Waals surface area contributed by atoms with E-state index >= 15 is 0 Å². The number of benzene rings is 2. The van der Waals surface area contributed by atoms with E-state index in [1.54, 1.807) is 14.0 Å². The fourth-order valence-corrected chi connectivity index (χ4v) is 1.86. The summed E-state index contributed by atoms with van der Waals surface area (Å²) in [5.41, 5.74) is 6.53. The van der Waals surface area contributed by atoms with E-state index in [4.69, 9.17) is 10.5 Å². The van der Waals surface area contributed by atoms with Gasteiger partial charge in [-0.1, -0.05) is 18.2 Å². The molecule has 3 heteroatoms. The first-order valence-electron chi connectivity index (χ1n) is 5.63. The average molecular weight is 231 g/mol. The monoisotopic (exact) mass is 231 g/mol. The molecule has 2 atom stereocenters. The summed E-state index contributed by atoms with van der Waals surface area (Å²) in [6, 6.07) is 11.4. The van der Waals surface area contributed by atoms with Gasteiger partial charge in [-0.15, -0.1) is 0 Å². The second-order valence-corrected chi connectivity index (χ2v) is 4.28. The molecule has 0 unspecified atom stereocenters. The minimum Gasteiger partial charge on any atom is -0.497 e. The van der Waals surface area contributed by atoms with Gasteiger partial charge in [0.1, 0.15) is 5.75 Å². The third kappa shape index (κ3) is 2.40. The zero-order valence-electron chi connectivity index (χ0n) is 10.1. The maximum Gasteiger partial charge on any atom is 0.119 e. The third-order valence-electron chi connectivity index (χ3n) is 2.91. The van der Waals surface area contributed by atoms with Gasteiger partial charge in [0.05, 0.1) is 13.2 Å². The standard InChI is InChI=1S/C14H17NO2/c1-9(15)14(16)12-4-3-11-8-13(17-2)6-5-10(11)7-12/h3-9,14,16H,15H2,1-2H3/t9-,14-/m1/s1. The van der Waals surface area contributed by atoms with E-state index in [1.165, 1.54) is 0 Å². The Morgan fingerprint density at radius 2 is 1.76 bits per heavy atom. The average Bonchev–Trinajstić information content (AvgIpc) is 2.36. The molecule has 0 heterocycles. The molecule has 0 saturated heterocycles. The molecular formula is C14H17NO2. The SMILES string of the molecule is COc1ccc2cc([C@H](O)[C@@H](C)N)ccc2c1. The highest BCUT2D eigenvalue weighted by molar-refractivity contribution is 5.84. The number of methoxy groups -OCH3 is 1. The molecule has 0 aromatic heterocycles. The van der Waals surface area contributed by atoms with Gasteiger partial charge in [-0.05, 0) is 41.5 Å². The maximum atomic E-state index is 9.91. The summed E-state index contributed by atoms with van der Waals surface area (Å²) in [5.74, 6) is 0.831. The van der Waals surface area contributed by atoms with E-state index in [-0.39, 0.29) is 6.04 Å². The Kier molecular flexibility index (Phi) is 3.31. The molecule has 2 rings (SSSR count). The van der Waals surface area contributed by atoms with Gasteiger partial charge in [-0.2, -0.15) is 0 Å². The van der Waals surface area contributed by atoms with Crippen LogP contribution >= 0.6 is 0 Å². The fourth-order valence-electron chi connectivity index (χ4n) is 1.86. The molecule has 3 nitrogen and oxygen atoms in total. The normalized spacial score (nSPS) is 14.6. The molecule has 2 aromatic carbocycles. The number of aliphatic hydroxyl groups excluding tert-OH is 1. The van der Waals surface area contributed by atoms with Gasteiger partial charge >= 0.3 is 0 Å². The minimum atomic E-state index is -0.624. The first kappa shape index (κ1) is 11.9. The van der Waals surface area contributed by atoms with Crippen LogP contribution in [-0.2, 0) is 0 Å². The van der Waals surface area contributed by atoms with Crippen LogP contribution in [0.3, 0.4) is 0 Å². The van der Waals surface area contributed by atoms with Crippen LogP contribution in [0.2, 0.25) is 0 Å². The first-order chi connectivity index (χ1) is 8.11. The molecule has 0 aliphatic rings. The fraction of sp³-hybridized carbons (Fsp3) is 0.286. The van der Waals surface area contributed by atoms with E-state index in [0.29, 0.717) is 0 Å². The Hall–Kier alpha value is -1.58. The molecule has 0 fully saturated rings. The van der Waals surface area contributed by atoms with Crippen LogP contribution in [0, 0.1) is 0 Å². The molecular weight excluding hydrogens is 214 g/mol. The zero-order chi connectivity index (χ0) is 12.4. The largest absolute Gasteiger partial charge is 0.497 e. The Labute approximate surface area is 101 Å². The summed E-state index contributed by atoms with van der Waals surface area (Å²) in [6.45, 7) is 1.79. The van der Waals surface area contributed by atoms with Gasteiger partial charge in [0.25, 0.3) is 0 Å². The lowest BCUT2D eigenvalue weighted by molar-refractivity contribution is 0.153. The van der Waals surface area contributed by atoms with Crippen molar-refractivity contribution in [3.63, 3.8) is 0 Å². The first-order valence-corrected chi connectivity index (χ1v) is 5.63. The molecule has 0 bridgehead atoms. The zero-order valence-corrected chi connectivity index (χ0v) is 10.1. The van der Waals surface area contributed by atoms with Gasteiger partial charge in [-0.3, -0.25) is 0 Å². The number of ether oxygens (including phenoxy) is 1. The van der Waals surface area contributed by atoms with E-state index in [9.17, 15) is 5.11 Å². The number of nitrogens with two attached hydrogens (primary N) is 1. The van der Waals surface area contributed by atoms with Crippen LogP contribution in [0.4, 0.5) is 0 Å². The molecule has 17 heavy (non-hydrogen) atoms. The van der Waals surface area contributed by atoms with Gasteiger partial charge in [0, 0.05) is 6.04 Å². The third-order valence-corrected chi connectivity index (χ3v) is 2.91. The van der Waals surface area contributed by atoms with Crippen LogP contribution in [0.5, 0.6) is 5.75 Å². The second-order valence-electron chi connectivity index (χ2n) is 4.28. The van der Waals surface area contributed by atoms with Gasteiger partial charge in [0.15, 0.2) is 0 Å².